The molecule has 1 aromatic rings. The standard InChI is InChI=1S/C13H18FN3O2S/c1-16(10-3-9-15)20(18,19)17(2)11-8-12-4-6-13(14)7-5-12/h4-7H,3,8,10-11H2,1-2H3. The molecule has 5 nitrogen and oxygen atoms in total. The summed E-state index contributed by atoms with van der Waals surface area (Å²) in [4.78, 5) is 0. The highest BCUT2D eigenvalue weighted by Crippen LogP contribution is 2.08. The number of nitrogens with zero attached hydrogens (tertiary/aromatic N) is 3. The molecule has 0 N–H and O–H groups in total. The van der Waals surface area contributed by atoms with Crippen LogP contribution >= 0.6 is 0 Å². The Balaban J connectivity index is 2.59. The van der Waals surface area contributed by atoms with Gasteiger partial charge in [-0.3, -0.25) is 0 Å². The Hall–Kier alpha value is -1.49. The van der Waals surface area contributed by atoms with Crippen molar-refractivity contribution in [3.63, 3.8) is 0 Å². The zero-order valence-electron chi connectivity index (χ0n) is 11.6. The number of benzene rings is 1. The molecule has 0 saturated heterocycles. The molecule has 1 rings (SSSR count). The number of halogens is 1. The lowest BCUT2D eigenvalue weighted by Crippen LogP contribution is -2.40. The zero-order chi connectivity index (χ0) is 15.2. The van der Waals surface area contributed by atoms with E-state index in [0.717, 1.165) is 9.87 Å². The van der Waals surface area contributed by atoms with Crippen molar-refractivity contribution in [3.05, 3.63) is 35.6 Å². The number of rotatable bonds is 7. The van der Waals surface area contributed by atoms with Crippen LogP contribution in [-0.4, -0.2) is 44.2 Å². The highest BCUT2D eigenvalue weighted by molar-refractivity contribution is 7.86. The number of hydrogen-bond donors (Lipinski definition) is 0. The summed E-state index contributed by atoms with van der Waals surface area (Å²) in [6.45, 7) is 0.463. The van der Waals surface area contributed by atoms with Crippen LogP contribution in [0, 0.1) is 17.1 Å². The topological polar surface area (TPSA) is 64.4 Å². The van der Waals surface area contributed by atoms with Crippen LogP contribution in [0.5, 0.6) is 0 Å². The van der Waals surface area contributed by atoms with Gasteiger partial charge in [0.15, 0.2) is 0 Å². The molecule has 7 heteroatoms. The SMILES string of the molecule is CN(CCC#N)S(=O)(=O)N(C)CCc1ccc(F)cc1. The van der Waals surface area contributed by atoms with Crippen molar-refractivity contribution in [2.75, 3.05) is 27.2 Å². The molecule has 0 radical (unpaired) electrons. The third kappa shape index (κ3) is 4.56. The van der Waals surface area contributed by atoms with Gasteiger partial charge < -0.3 is 0 Å². The van der Waals surface area contributed by atoms with E-state index in [9.17, 15) is 12.8 Å². The molecule has 0 spiro atoms. The van der Waals surface area contributed by atoms with Crippen molar-refractivity contribution in [2.45, 2.75) is 12.8 Å². The van der Waals surface area contributed by atoms with Crippen LogP contribution < -0.4 is 0 Å². The van der Waals surface area contributed by atoms with Gasteiger partial charge in [0.25, 0.3) is 10.2 Å². The molecular weight excluding hydrogens is 281 g/mol. The average molecular weight is 299 g/mol. The maximum atomic E-state index is 12.8. The van der Waals surface area contributed by atoms with E-state index < -0.39 is 10.2 Å². The van der Waals surface area contributed by atoms with E-state index in [-0.39, 0.29) is 18.8 Å². The summed E-state index contributed by atoms with van der Waals surface area (Å²) in [6, 6.07) is 7.88. The van der Waals surface area contributed by atoms with Gasteiger partial charge in [-0.15, -0.1) is 0 Å². The van der Waals surface area contributed by atoms with Crippen molar-refractivity contribution < 1.29 is 12.8 Å². The van der Waals surface area contributed by atoms with Crippen LogP contribution in [0.4, 0.5) is 4.39 Å². The average Bonchev–Trinajstić information content (AvgIpc) is 2.43. The molecule has 0 aliphatic rings. The van der Waals surface area contributed by atoms with Gasteiger partial charge in [-0.2, -0.15) is 22.3 Å². The lowest BCUT2D eigenvalue weighted by Gasteiger charge is -2.23. The fourth-order valence-electron chi connectivity index (χ4n) is 1.61. The number of likely N-dealkylation sites (N-methyl/N-ethyl adjacent to an activating group) is 1. The molecule has 0 aromatic heterocycles. The first-order valence-electron chi connectivity index (χ1n) is 6.17. The van der Waals surface area contributed by atoms with Crippen LogP contribution in [0.2, 0.25) is 0 Å². The first-order chi connectivity index (χ1) is 9.37. The van der Waals surface area contributed by atoms with Crippen LogP contribution in [0.25, 0.3) is 0 Å². The second kappa shape index (κ2) is 7.33. The predicted octanol–water partition coefficient (Wildman–Crippen LogP) is 1.39. The number of hydrogen-bond acceptors (Lipinski definition) is 3. The Labute approximate surface area is 119 Å². The van der Waals surface area contributed by atoms with Gasteiger partial charge in [-0.25, -0.2) is 4.39 Å². The predicted molar refractivity (Wildman–Crippen MR) is 74.5 cm³/mol. The van der Waals surface area contributed by atoms with Gasteiger partial charge in [0.2, 0.25) is 0 Å². The van der Waals surface area contributed by atoms with E-state index in [1.165, 1.54) is 30.5 Å². The molecule has 110 valence electrons. The first kappa shape index (κ1) is 16.6. The van der Waals surface area contributed by atoms with Gasteiger partial charge in [-0.1, -0.05) is 12.1 Å². The minimum atomic E-state index is -3.55. The largest absolute Gasteiger partial charge is 0.281 e. The molecule has 0 amide bonds. The summed E-state index contributed by atoms with van der Waals surface area (Å²) in [5.41, 5.74) is 0.869. The van der Waals surface area contributed by atoms with Crippen LogP contribution in [0.1, 0.15) is 12.0 Å². The Morgan fingerprint density at radius 1 is 1.15 bits per heavy atom. The van der Waals surface area contributed by atoms with Crippen molar-refractivity contribution in [1.29, 1.82) is 5.26 Å². The molecule has 0 aliphatic heterocycles. The van der Waals surface area contributed by atoms with Crippen molar-refractivity contribution in [2.24, 2.45) is 0 Å². The molecular formula is C13H18FN3O2S. The Morgan fingerprint density at radius 3 is 2.25 bits per heavy atom. The van der Waals surface area contributed by atoms with E-state index in [0.29, 0.717) is 13.0 Å². The minimum Gasteiger partial charge on any atom is -0.207 e. The van der Waals surface area contributed by atoms with Crippen molar-refractivity contribution in [1.82, 2.24) is 8.61 Å². The zero-order valence-corrected chi connectivity index (χ0v) is 12.4. The first-order valence-corrected chi connectivity index (χ1v) is 7.56. The molecule has 0 heterocycles. The van der Waals surface area contributed by atoms with E-state index >= 15 is 0 Å². The van der Waals surface area contributed by atoms with Crippen molar-refractivity contribution >= 4 is 10.2 Å². The normalized spacial score (nSPS) is 11.8. The minimum absolute atomic E-state index is 0.154. The van der Waals surface area contributed by atoms with Crippen LogP contribution in [0.3, 0.4) is 0 Å². The molecule has 0 fully saturated rings. The van der Waals surface area contributed by atoms with Gasteiger partial charge in [0.05, 0.1) is 6.07 Å². The smallest absolute Gasteiger partial charge is 0.207 e. The molecule has 0 atom stereocenters. The van der Waals surface area contributed by atoms with E-state index in [2.05, 4.69) is 0 Å². The summed E-state index contributed by atoms with van der Waals surface area (Å²) in [7, 11) is -0.615. The van der Waals surface area contributed by atoms with E-state index in [4.69, 9.17) is 5.26 Å². The van der Waals surface area contributed by atoms with E-state index in [1.54, 1.807) is 12.1 Å². The molecule has 20 heavy (non-hydrogen) atoms. The highest BCUT2D eigenvalue weighted by Gasteiger charge is 2.22. The van der Waals surface area contributed by atoms with Gasteiger partial charge in [-0.05, 0) is 24.1 Å². The molecule has 0 bridgehead atoms. The van der Waals surface area contributed by atoms with Crippen LogP contribution in [-0.2, 0) is 16.6 Å². The quantitative estimate of drug-likeness (QED) is 0.764. The Morgan fingerprint density at radius 2 is 1.70 bits per heavy atom. The monoisotopic (exact) mass is 299 g/mol. The summed E-state index contributed by atoms with van der Waals surface area (Å²) < 4.78 is 39.3. The van der Waals surface area contributed by atoms with E-state index in [1.807, 2.05) is 6.07 Å². The Kier molecular flexibility index (Phi) is 6.07. The molecule has 0 aliphatic carbocycles. The Bertz CT molecular complexity index is 566. The molecule has 0 unspecified atom stereocenters. The van der Waals surface area contributed by atoms with Gasteiger partial charge in [0, 0.05) is 33.6 Å². The lowest BCUT2D eigenvalue weighted by molar-refractivity contribution is 0.397. The summed E-state index contributed by atoms with van der Waals surface area (Å²) in [5.74, 6) is -0.314. The molecule has 0 saturated carbocycles. The third-order valence-corrected chi connectivity index (χ3v) is 4.90. The maximum absolute atomic E-state index is 12.8. The van der Waals surface area contributed by atoms with Gasteiger partial charge >= 0.3 is 0 Å². The second-order valence-corrected chi connectivity index (χ2v) is 6.58. The fourth-order valence-corrected chi connectivity index (χ4v) is 2.73. The molecule has 1 aromatic carbocycles. The summed E-state index contributed by atoms with van der Waals surface area (Å²) >= 11 is 0. The lowest BCUT2D eigenvalue weighted by atomic mass is 10.1. The third-order valence-electron chi connectivity index (χ3n) is 2.95. The highest BCUT2D eigenvalue weighted by atomic mass is 32.2. The summed E-state index contributed by atoms with van der Waals surface area (Å²) in [6.07, 6.45) is 0.656. The van der Waals surface area contributed by atoms with Crippen LogP contribution in [0.15, 0.2) is 24.3 Å². The maximum Gasteiger partial charge on any atom is 0.281 e. The summed E-state index contributed by atoms with van der Waals surface area (Å²) in [5, 5.41) is 8.48. The van der Waals surface area contributed by atoms with Crippen molar-refractivity contribution in [3.8, 4) is 6.07 Å². The second-order valence-electron chi connectivity index (χ2n) is 4.44. The fraction of sp³-hybridized carbons (Fsp3) is 0.462. The number of nitriles is 1. The van der Waals surface area contributed by atoms with Gasteiger partial charge in [0.1, 0.15) is 5.82 Å².